The van der Waals surface area contributed by atoms with Gasteiger partial charge in [-0.2, -0.15) is 0 Å². The fourth-order valence-corrected chi connectivity index (χ4v) is 5.14. The topological polar surface area (TPSA) is 74.9 Å². The summed E-state index contributed by atoms with van der Waals surface area (Å²) in [6.07, 6.45) is 3.33. The molecule has 4 rings (SSSR count). The van der Waals surface area contributed by atoms with Crippen LogP contribution < -0.4 is 4.74 Å². The van der Waals surface area contributed by atoms with E-state index in [9.17, 15) is 9.59 Å². The highest BCUT2D eigenvalue weighted by atomic mass is 16.5. The number of nitrogens with one attached hydrogen (secondary N) is 1. The second-order valence-corrected chi connectivity index (χ2v) is 11.6. The van der Waals surface area contributed by atoms with Crippen molar-refractivity contribution in [2.24, 2.45) is 0 Å². The molecule has 4 aromatic rings. The second-order valence-electron chi connectivity index (χ2n) is 11.6. The number of carbonyl (C=O) groups is 2. The van der Waals surface area contributed by atoms with Gasteiger partial charge in [0, 0.05) is 61.6 Å². The molecular weight excluding hydrogens is 526 g/mol. The van der Waals surface area contributed by atoms with Crippen molar-refractivity contribution in [2.45, 2.75) is 45.6 Å². The molecule has 0 unspecified atom stereocenters. The smallest absolute Gasteiger partial charge is 0.254 e. The highest BCUT2D eigenvalue weighted by Crippen LogP contribution is 2.24. The fourth-order valence-electron chi connectivity index (χ4n) is 5.14. The van der Waals surface area contributed by atoms with Gasteiger partial charge in [-0.15, -0.1) is 0 Å². The zero-order valence-electron chi connectivity index (χ0n) is 25.5. The first-order valence-corrected chi connectivity index (χ1v) is 14.5. The van der Waals surface area contributed by atoms with Crippen molar-refractivity contribution in [1.82, 2.24) is 14.8 Å². The van der Waals surface area contributed by atoms with Crippen molar-refractivity contribution in [2.75, 3.05) is 40.5 Å². The van der Waals surface area contributed by atoms with Gasteiger partial charge in [0.25, 0.3) is 5.91 Å². The molecule has 1 aromatic heterocycles. The van der Waals surface area contributed by atoms with E-state index in [2.05, 4.69) is 31.8 Å². The minimum atomic E-state index is -0.159. The fraction of sp³-hybridized carbons (Fsp3) is 0.371. The zero-order chi connectivity index (χ0) is 30.1. The summed E-state index contributed by atoms with van der Waals surface area (Å²) in [6.45, 7) is 8.22. The Morgan fingerprint density at radius 2 is 1.55 bits per heavy atom. The standard InChI is InChI=1S/C35H43N3O4/c1-35(2,3)29-17-15-26(16-18-29)34(40)38(20-10-22-41-4)25-33(39)37(24-28-11-6-9-14-32(28)42-5)21-19-27-23-36-31-13-8-7-12-30(27)31/h6-9,11-18,23,36H,10,19-22,24-25H2,1-5H3. The van der Waals surface area contributed by atoms with Gasteiger partial charge < -0.3 is 24.3 Å². The summed E-state index contributed by atoms with van der Waals surface area (Å²) in [5.74, 6) is 0.459. The van der Waals surface area contributed by atoms with E-state index in [-0.39, 0.29) is 23.8 Å². The highest BCUT2D eigenvalue weighted by Gasteiger charge is 2.24. The number of rotatable bonds is 13. The maximum absolute atomic E-state index is 14.0. The largest absolute Gasteiger partial charge is 0.496 e. The van der Waals surface area contributed by atoms with E-state index in [4.69, 9.17) is 9.47 Å². The summed E-state index contributed by atoms with van der Waals surface area (Å²) in [7, 11) is 3.28. The molecular formula is C35H43N3O4. The third-order valence-electron chi connectivity index (χ3n) is 7.62. The number of methoxy groups -OCH3 is 2. The highest BCUT2D eigenvalue weighted by molar-refractivity contribution is 5.96. The van der Waals surface area contributed by atoms with Gasteiger partial charge in [-0.3, -0.25) is 9.59 Å². The van der Waals surface area contributed by atoms with Crippen molar-refractivity contribution < 1.29 is 19.1 Å². The third-order valence-corrected chi connectivity index (χ3v) is 7.62. The van der Waals surface area contributed by atoms with Crippen LogP contribution in [0, 0.1) is 0 Å². The van der Waals surface area contributed by atoms with Crippen LogP contribution in [0.4, 0.5) is 0 Å². The molecule has 0 atom stereocenters. The van der Waals surface area contributed by atoms with Crippen molar-refractivity contribution in [3.8, 4) is 5.75 Å². The lowest BCUT2D eigenvalue weighted by molar-refractivity contribution is -0.132. The Morgan fingerprint density at radius 3 is 2.26 bits per heavy atom. The van der Waals surface area contributed by atoms with Crippen molar-refractivity contribution in [3.63, 3.8) is 0 Å². The maximum atomic E-state index is 14.0. The molecule has 42 heavy (non-hydrogen) atoms. The molecule has 3 aromatic carbocycles. The number of H-pyrrole nitrogens is 1. The number of carbonyl (C=O) groups excluding carboxylic acids is 2. The van der Waals surface area contributed by atoms with Crippen LogP contribution in [0.15, 0.2) is 79.0 Å². The molecule has 7 heteroatoms. The number of aromatic nitrogens is 1. The first kappa shape index (κ1) is 30.8. The number of benzene rings is 3. The average molecular weight is 570 g/mol. The lowest BCUT2D eigenvalue weighted by Gasteiger charge is -2.28. The minimum absolute atomic E-state index is 0.0144. The lowest BCUT2D eigenvalue weighted by Crippen LogP contribution is -2.44. The van der Waals surface area contributed by atoms with Gasteiger partial charge in [0.15, 0.2) is 0 Å². The molecule has 0 saturated heterocycles. The summed E-state index contributed by atoms with van der Waals surface area (Å²) in [6, 6.07) is 23.6. The number of amides is 2. The number of fused-ring (bicyclic) bond motifs is 1. The average Bonchev–Trinajstić information content (AvgIpc) is 3.41. The first-order chi connectivity index (χ1) is 20.2. The van der Waals surface area contributed by atoms with Gasteiger partial charge in [0.1, 0.15) is 12.3 Å². The van der Waals surface area contributed by atoms with Gasteiger partial charge in [-0.25, -0.2) is 0 Å². The van der Waals surface area contributed by atoms with Crippen molar-refractivity contribution in [3.05, 3.63) is 101 Å². The van der Waals surface area contributed by atoms with E-state index in [1.165, 1.54) is 0 Å². The van der Waals surface area contributed by atoms with Crippen LogP contribution in [-0.4, -0.2) is 67.1 Å². The molecule has 0 aliphatic rings. The summed E-state index contributed by atoms with van der Waals surface area (Å²) >= 11 is 0. The molecule has 7 nitrogen and oxygen atoms in total. The van der Waals surface area contributed by atoms with E-state index >= 15 is 0 Å². The van der Waals surface area contributed by atoms with Gasteiger partial charge in [0.05, 0.1) is 7.11 Å². The second kappa shape index (κ2) is 14.2. The van der Waals surface area contributed by atoms with Crippen molar-refractivity contribution in [1.29, 1.82) is 0 Å². The predicted octanol–water partition coefficient (Wildman–Crippen LogP) is 6.22. The van der Waals surface area contributed by atoms with Gasteiger partial charge >= 0.3 is 0 Å². The summed E-state index contributed by atoms with van der Waals surface area (Å²) in [5, 5.41) is 1.15. The van der Waals surface area contributed by atoms with Crippen LogP contribution in [0.2, 0.25) is 0 Å². The van der Waals surface area contributed by atoms with Crippen LogP contribution in [0.3, 0.4) is 0 Å². The number of para-hydroxylation sites is 2. The van der Waals surface area contributed by atoms with E-state index in [0.717, 1.165) is 33.3 Å². The molecule has 222 valence electrons. The van der Waals surface area contributed by atoms with Crippen LogP contribution in [0.1, 0.15) is 54.2 Å². The molecule has 0 aliphatic heterocycles. The zero-order valence-corrected chi connectivity index (χ0v) is 25.5. The molecule has 0 aliphatic carbocycles. The van der Waals surface area contributed by atoms with Crippen LogP contribution in [0.5, 0.6) is 5.75 Å². The number of hydrogen-bond acceptors (Lipinski definition) is 4. The molecule has 0 saturated carbocycles. The Kier molecular flexibility index (Phi) is 10.4. The van der Waals surface area contributed by atoms with Crippen LogP contribution in [0.25, 0.3) is 10.9 Å². The lowest BCUT2D eigenvalue weighted by atomic mass is 9.86. The molecule has 0 spiro atoms. The Balaban J connectivity index is 1.57. The number of hydrogen-bond donors (Lipinski definition) is 1. The number of aromatic amines is 1. The number of ether oxygens (including phenoxy) is 2. The summed E-state index contributed by atoms with van der Waals surface area (Å²) in [5.41, 5.74) is 4.85. The normalized spacial score (nSPS) is 11.5. The predicted molar refractivity (Wildman–Crippen MR) is 168 cm³/mol. The molecule has 1 N–H and O–H groups in total. The molecule has 1 heterocycles. The third kappa shape index (κ3) is 7.79. The molecule has 2 amide bonds. The Bertz CT molecular complexity index is 1470. The monoisotopic (exact) mass is 569 g/mol. The molecule has 0 fully saturated rings. The maximum Gasteiger partial charge on any atom is 0.254 e. The Hall–Kier alpha value is -4.10. The van der Waals surface area contributed by atoms with Gasteiger partial charge in [-0.1, -0.05) is 69.3 Å². The first-order valence-electron chi connectivity index (χ1n) is 14.5. The Labute approximate surface area is 249 Å². The van der Waals surface area contributed by atoms with Gasteiger partial charge in [0.2, 0.25) is 5.91 Å². The van der Waals surface area contributed by atoms with Crippen LogP contribution >= 0.6 is 0 Å². The summed E-state index contributed by atoms with van der Waals surface area (Å²) < 4.78 is 10.8. The van der Waals surface area contributed by atoms with Gasteiger partial charge in [-0.05, 0) is 53.6 Å². The molecule has 0 bridgehead atoms. The van der Waals surface area contributed by atoms with E-state index in [0.29, 0.717) is 44.6 Å². The van der Waals surface area contributed by atoms with Crippen LogP contribution in [-0.2, 0) is 27.9 Å². The number of nitrogens with zero attached hydrogens (tertiary/aromatic N) is 2. The molecule has 0 radical (unpaired) electrons. The van der Waals surface area contributed by atoms with E-state index in [1.54, 1.807) is 19.1 Å². The minimum Gasteiger partial charge on any atom is -0.496 e. The summed E-state index contributed by atoms with van der Waals surface area (Å²) in [4.78, 5) is 34.5. The van der Waals surface area contributed by atoms with E-state index < -0.39 is 0 Å². The Morgan fingerprint density at radius 1 is 0.833 bits per heavy atom. The quantitative estimate of drug-likeness (QED) is 0.194. The van der Waals surface area contributed by atoms with E-state index in [1.807, 2.05) is 77.8 Å². The van der Waals surface area contributed by atoms with Crippen molar-refractivity contribution >= 4 is 22.7 Å². The SMILES string of the molecule is COCCCN(CC(=O)N(CCc1c[nH]c2ccccc12)Cc1ccccc1OC)C(=O)c1ccc(C(C)(C)C)cc1.